The summed E-state index contributed by atoms with van der Waals surface area (Å²) in [6.45, 7) is 1.64. The van der Waals surface area contributed by atoms with E-state index in [1.165, 1.54) is 13.1 Å². The maximum absolute atomic E-state index is 11.8. The number of nitrogens with zero attached hydrogens (tertiary/aromatic N) is 1. The maximum Gasteiger partial charge on any atom is 0.257 e. The van der Waals surface area contributed by atoms with Crippen molar-refractivity contribution in [2.75, 3.05) is 13.6 Å². The first-order valence-electron chi connectivity index (χ1n) is 4.75. The lowest BCUT2D eigenvalue weighted by Crippen LogP contribution is -2.35. The van der Waals surface area contributed by atoms with Gasteiger partial charge >= 0.3 is 0 Å². The fraction of sp³-hybridized carbons (Fsp3) is 0.273. The third-order valence-corrected chi connectivity index (χ3v) is 2.12. The van der Waals surface area contributed by atoms with Crippen molar-refractivity contribution >= 4 is 11.8 Å². The molecular formula is C11H14N2O3. The third kappa shape index (κ3) is 2.73. The monoisotopic (exact) mass is 222 g/mol. The lowest BCUT2D eigenvalue weighted by molar-refractivity contribution is -0.118. The van der Waals surface area contributed by atoms with Crippen molar-refractivity contribution in [2.24, 2.45) is 5.73 Å². The molecule has 0 spiro atoms. The molecule has 16 heavy (non-hydrogen) atoms. The molecule has 1 aromatic rings. The van der Waals surface area contributed by atoms with E-state index in [0.29, 0.717) is 0 Å². The van der Waals surface area contributed by atoms with Gasteiger partial charge in [0.1, 0.15) is 5.75 Å². The topological polar surface area (TPSA) is 83.6 Å². The zero-order valence-corrected chi connectivity index (χ0v) is 9.23. The quantitative estimate of drug-likeness (QED) is 0.769. The van der Waals surface area contributed by atoms with Crippen molar-refractivity contribution in [1.29, 1.82) is 0 Å². The molecular weight excluding hydrogens is 208 g/mol. The minimum absolute atomic E-state index is 0.105. The molecule has 2 amide bonds. The van der Waals surface area contributed by atoms with Crippen LogP contribution in [0, 0.1) is 6.92 Å². The molecule has 0 aliphatic heterocycles. The first-order valence-corrected chi connectivity index (χ1v) is 4.75. The first kappa shape index (κ1) is 12.0. The number of likely N-dealkylation sites (N-methyl/N-ethyl adjacent to an activating group) is 1. The second-order valence-corrected chi connectivity index (χ2v) is 3.65. The molecule has 5 heteroatoms. The Morgan fingerprint density at radius 3 is 2.62 bits per heavy atom. The van der Waals surface area contributed by atoms with E-state index in [0.717, 1.165) is 10.5 Å². The number of hydrogen-bond donors (Lipinski definition) is 2. The molecule has 86 valence electrons. The summed E-state index contributed by atoms with van der Waals surface area (Å²) >= 11 is 0. The van der Waals surface area contributed by atoms with Gasteiger partial charge in [-0.15, -0.1) is 0 Å². The molecule has 0 bridgehead atoms. The molecule has 5 nitrogen and oxygen atoms in total. The Hall–Kier alpha value is -2.04. The number of phenolic OH excluding ortho intramolecular Hbond substituents is 1. The molecule has 0 aliphatic rings. The number of carbonyl (C=O) groups excluding carboxylic acids is 2. The Morgan fingerprint density at radius 1 is 1.44 bits per heavy atom. The second-order valence-electron chi connectivity index (χ2n) is 3.65. The van der Waals surface area contributed by atoms with Gasteiger partial charge in [-0.25, -0.2) is 0 Å². The van der Waals surface area contributed by atoms with Crippen molar-refractivity contribution in [3.8, 4) is 5.75 Å². The number of benzene rings is 1. The normalized spacial score (nSPS) is 9.88. The molecule has 0 aliphatic carbocycles. The number of aromatic hydroxyl groups is 1. The number of nitrogens with two attached hydrogens (primary N) is 1. The van der Waals surface area contributed by atoms with Crippen LogP contribution in [0.25, 0.3) is 0 Å². The van der Waals surface area contributed by atoms with E-state index < -0.39 is 11.8 Å². The van der Waals surface area contributed by atoms with Gasteiger partial charge in [0.2, 0.25) is 5.91 Å². The van der Waals surface area contributed by atoms with Crippen molar-refractivity contribution in [2.45, 2.75) is 6.92 Å². The Kier molecular flexibility index (Phi) is 3.50. The summed E-state index contributed by atoms with van der Waals surface area (Å²) in [6.07, 6.45) is 0. The molecule has 0 saturated carbocycles. The molecule has 0 unspecified atom stereocenters. The van der Waals surface area contributed by atoms with E-state index in [1.54, 1.807) is 12.1 Å². The molecule has 0 radical (unpaired) electrons. The van der Waals surface area contributed by atoms with Crippen molar-refractivity contribution < 1.29 is 14.7 Å². The van der Waals surface area contributed by atoms with Crippen LogP contribution in [-0.4, -0.2) is 35.4 Å². The van der Waals surface area contributed by atoms with Gasteiger partial charge in [0.05, 0.1) is 12.1 Å². The van der Waals surface area contributed by atoms with Crippen LogP contribution in [0.1, 0.15) is 15.9 Å². The molecule has 0 fully saturated rings. The van der Waals surface area contributed by atoms with Crippen LogP contribution in [-0.2, 0) is 4.79 Å². The summed E-state index contributed by atoms with van der Waals surface area (Å²) in [5.74, 6) is -1.13. The Labute approximate surface area is 93.5 Å². The Balaban J connectivity index is 2.95. The van der Waals surface area contributed by atoms with Crippen molar-refractivity contribution in [3.05, 3.63) is 29.3 Å². The number of carbonyl (C=O) groups is 2. The summed E-state index contributed by atoms with van der Waals surface area (Å²) in [7, 11) is 1.45. The second kappa shape index (κ2) is 4.65. The van der Waals surface area contributed by atoms with Gasteiger partial charge in [-0.05, 0) is 19.1 Å². The molecule has 3 N–H and O–H groups in total. The number of amides is 2. The molecule has 0 aromatic heterocycles. The predicted octanol–water partition coefficient (Wildman–Crippen LogP) is 0.258. The average molecular weight is 222 g/mol. The van der Waals surface area contributed by atoms with Gasteiger partial charge in [-0.3, -0.25) is 9.59 Å². The highest BCUT2D eigenvalue weighted by Crippen LogP contribution is 2.19. The summed E-state index contributed by atoms with van der Waals surface area (Å²) in [4.78, 5) is 23.6. The van der Waals surface area contributed by atoms with Gasteiger partial charge in [0, 0.05) is 7.05 Å². The minimum atomic E-state index is -0.594. The third-order valence-electron chi connectivity index (χ3n) is 2.12. The molecule has 0 saturated heterocycles. The lowest BCUT2D eigenvalue weighted by Gasteiger charge is -2.16. The van der Waals surface area contributed by atoms with E-state index in [-0.39, 0.29) is 17.9 Å². The van der Waals surface area contributed by atoms with Crippen LogP contribution < -0.4 is 5.73 Å². The number of hydrogen-bond acceptors (Lipinski definition) is 3. The van der Waals surface area contributed by atoms with E-state index in [9.17, 15) is 14.7 Å². The maximum atomic E-state index is 11.8. The fourth-order valence-corrected chi connectivity index (χ4v) is 1.33. The van der Waals surface area contributed by atoms with E-state index in [4.69, 9.17) is 5.73 Å². The van der Waals surface area contributed by atoms with Crippen LogP contribution in [0.3, 0.4) is 0 Å². The molecule has 1 rings (SSSR count). The fourth-order valence-electron chi connectivity index (χ4n) is 1.33. The number of primary amides is 1. The van der Waals surface area contributed by atoms with Crippen molar-refractivity contribution in [3.63, 3.8) is 0 Å². The van der Waals surface area contributed by atoms with Crippen LogP contribution >= 0.6 is 0 Å². The molecule has 1 aromatic carbocycles. The summed E-state index contributed by atoms with van der Waals surface area (Å²) in [5.41, 5.74) is 6.01. The number of aryl methyl sites for hydroxylation is 1. The SMILES string of the molecule is Cc1ccc(O)c(C(=O)N(C)CC(N)=O)c1. The highest BCUT2D eigenvalue weighted by molar-refractivity contribution is 5.98. The lowest BCUT2D eigenvalue weighted by atomic mass is 10.1. The Morgan fingerprint density at radius 2 is 2.06 bits per heavy atom. The average Bonchev–Trinajstić information content (AvgIpc) is 2.19. The molecule has 0 heterocycles. The van der Waals surface area contributed by atoms with Crippen molar-refractivity contribution in [1.82, 2.24) is 4.90 Å². The van der Waals surface area contributed by atoms with E-state index in [2.05, 4.69) is 0 Å². The zero-order valence-electron chi connectivity index (χ0n) is 9.23. The van der Waals surface area contributed by atoms with Gasteiger partial charge in [0.15, 0.2) is 0 Å². The number of rotatable bonds is 3. The van der Waals surface area contributed by atoms with Crippen LogP contribution in [0.5, 0.6) is 5.75 Å². The minimum Gasteiger partial charge on any atom is -0.507 e. The summed E-state index contributed by atoms with van der Waals surface area (Å²) < 4.78 is 0. The van der Waals surface area contributed by atoms with E-state index in [1.807, 2.05) is 6.92 Å². The van der Waals surface area contributed by atoms with E-state index >= 15 is 0 Å². The Bertz CT molecular complexity index is 429. The predicted molar refractivity (Wildman–Crippen MR) is 59.0 cm³/mol. The smallest absolute Gasteiger partial charge is 0.257 e. The highest BCUT2D eigenvalue weighted by atomic mass is 16.3. The number of phenols is 1. The van der Waals surface area contributed by atoms with Crippen LogP contribution in [0.2, 0.25) is 0 Å². The zero-order chi connectivity index (χ0) is 12.3. The van der Waals surface area contributed by atoms with Gasteiger partial charge < -0.3 is 15.7 Å². The summed E-state index contributed by atoms with van der Waals surface area (Å²) in [5, 5.41) is 9.52. The largest absolute Gasteiger partial charge is 0.507 e. The van der Waals surface area contributed by atoms with Gasteiger partial charge in [-0.2, -0.15) is 0 Å². The summed E-state index contributed by atoms with van der Waals surface area (Å²) in [6, 6.07) is 4.70. The standard InChI is InChI=1S/C11H14N2O3/c1-7-3-4-9(14)8(5-7)11(16)13(2)6-10(12)15/h3-5,14H,6H2,1-2H3,(H2,12,15). The first-order chi connectivity index (χ1) is 7.41. The van der Waals surface area contributed by atoms with Gasteiger partial charge in [0.25, 0.3) is 5.91 Å². The van der Waals surface area contributed by atoms with Crippen LogP contribution in [0.15, 0.2) is 18.2 Å². The molecule has 0 atom stereocenters. The van der Waals surface area contributed by atoms with Gasteiger partial charge in [-0.1, -0.05) is 11.6 Å². The highest BCUT2D eigenvalue weighted by Gasteiger charge is 2.16. The van der Waals surface area contributed by atoms with Crippen LogP contribution in [0.4, 0.5) is 0 Å².